The van der Waals surface area contributed by atoms with Crippen LogP contribution in [-0.4, -0.2) is 32.0 Å². The summed E-state index contributed by atoms with van der Waals surface area (Å²) in [5.74, 6) is 3.94. The van der Waals surface area contributed by atoms with E-state index in [0.29, 0.717) is 33.6 Å². The molecule has 1 fully saturated rings. The maximum Gasteiger partial charge on any atom is 0.239 e. The fraction of sp³-hybridized carbons (Fsp3) is 0.333. The number of hydrogen-bond donors (Lipinski definition) is 0. The number of benzene rings is 2. The predicted molar refractivity (Wildman–Crippen MR) is 129 cm³/mol. The summed E-state index contributed by atoms with van der Waals surface area (Å²) in [5, 5.41) is 14.3. The number of rotatable bonds is 9. The quantitative estimate of drug-likeness (QED) is 0.263. The molecular weight excluding hydrogens is 474 g/mol. The maximum absolute atomic E-state index is 6.44. The van der Waals surface area contributed by atoms with E-state index < -0.39 is 0 Å². The van der Waals surface area contributed by atoms with Crippen LogP contribution in [0.3, 0.4) is 0 Å². The summed E-state index contributed by atoms with van der Waals surface area (Å²) in [4.78, 5) is 4.58. The Labute approximate surface area is 206 Å². The van der Waals surface area contributed by atoms with Gasteiger partial charge < -0.3 is 14.0 Å². The molecule has 1 aliphatic rings. The number of hydrogen-bond acceptors (Lipinski definition) is 8. The van der Waals surface area contributed by atoms with Crippen LogP contribution in [0.15, 0.2) is 52.1 Å². The molecule has 1 atom stereocenters. The van der Waals surface area contributed by atoms with Gasteiger partial charge in [0.15, 0.2) is 16.8 Å². The smallest absolute Gasteiger partial charge is 0.239 e. The fourth-order valence-electron chi connectivity index (χ4n) is 3.40. The van der Waals surface area contributed by atoms with Gasteiger partial charge in [-0.2, -0.15) is 4.98 Å². The molecule has 10 heteroatoms. The molecule has 5 rings (SSSR count). The van der Waals surface area contributed by atoms with Crippen LogP contribution in [0.5, 0.6) is 11.5 Å². The van der Waals surface area contributed by atoms with Gasteiger partial charge in [-0.1, -0.05) is 34.6 Å². The van der Waals surface area contributed by atoms with Gasteiger partial charge in [0.25, 0.3) is 0 Å². The van der Waals surface area contributed by atoms with Crippen molar-refractivity contribution < 1.29 is 14.0 Å². The standard InChI is InChI=1S/C24H24ClN5O3S/c1-14-4-7-17(12-20(14)25)30-21(13-32-19-10-8-18(31-3)9-11-19)27-28-24(30)34-15(2)23-26-22(29-33-23)16-5-6-16/h4,7-12,15-16H,5-6,13H2,1-3H3. The van der Waals surface area contributed by atoms with Gasteiger partial charge in [0, 0.05) is 10.9 Å². The number of halogens is 1. The third-order valence-corrected chi connectivity index (χ3v) is 7.01. The minimum Gasteiger partial charge on any atom is -0.497 e. The molecule has 1 aliphatic carbocycles. The molecule has 4 aromatic rings. The van der Waals surface area contributed by atoms with E-state index in [1.807, 2.05) is 60.9 Å². The predicted octanol–water partition coefficient (Wildman–Crippen LogP) is 5.93. The van der Waals surface area contributed by atoms with E-state index in [1.54, 1.807) is 7.11 Å². The van der Waals surface area contributed by atoms with Crippen LogP contribution in [0.25, 0.3) is 5.69 Å². The first-order valence-corrected chi connectivity index (χ1v) is 12.3. The lowest BCUT2D eigenvalue weighted by molar-refractivity contribution is 0.292. The Morgan fingerprint density at radius 3 is 2.62 bits per heavy atom. The largest absolute Gasteiger partial charge is 0.497 e. The summed E-state index contributed by atoms with van der Waals surface area (Å²) < 4.78 is 18.7. The average Bonchev–Trinajstić information content (AvgIpc) is 3.44. The van der Waals surface area contributed by atoms with Gasteiger partial charge in [-0.05, 0) is 68.7 Å². The molecule has 8 nitrogen and oxygen atoms in total. The highest BCUT2D eigenvalue weighted by Gasteiger charge is 2.30. The van der Waals surface area contributed by atoms with E-state index in [0.717, 1.165) is 35.7 Å². The molecule has 34 heavy (non-hydrogen) atoms. The zero-order valence-electron chi connectivity index (χ0n) is 19.1. The van der Waals surface area contributed by atoms with Gasteiger partial charge in [0.05, 0.1) is 18.0 Å². The van der Waals surface area contributed by atoms with Crippen LogP contribution in [0.4, 0.5) is 0 Å². The van der Waals surface area contributed by atoms with E-state index >= 15 is 0 Å². The van der Waals surface area contributed by atoms with Gasteiger partial charge in [-0.15, -0.1) is 10.2 Å². The molecule has 2 aromatic carbocycles. The summed E-state index contributed by atoms with van der Waals surface area (Å²) >= 11 is 7.94. The second kappa shape index (κ2) is 9.68. The summed E-state index contributed by atoms with van der Waals surface area (Å²) in [6, 6.07) is 13.3. The number of methoxy groups -OCH3 is 1. The Kier molecular flexibility index (Phi) is 6.47. The van der Waals surface area contributed by atoms with Crippen molar-refractivity contribution in [3.63, 3.8) is 0 Å². The van der Waals surface area contributed by atoms with Gasteiger partial charge in [0.1, 0.15) is 18.1 Å². The Morgan fingerprint density at radius 1 is 1.15 bits per heavy atom. The van der Waals surface area contributed by atoms with Crippen molar-refractivity contribution in [1.29, 1.82) is 0 Å². The molecule has 0 bridgehead atoms. The van der Waals surface area contributed by atoms with Crippen LogP contribution in [0.2, 0.25) is 5.02 Å². The highest BCUT2D eigenvalue weighted by molar-refractivity contribution is 7.99. The third kappa shape index (κ3) is 4.90. The lowest BCUT2D eigenvalue weighted by atomic mass is 10.2. The molecule has 0 radical (unpaired) electrons. The fourth-order valence-corrected chi connectivity index (χ4v) is 4.49. The summed E-state index contributed by atoms with van der Waals surface area (Å²) in [6.45, 7) is 4.21. The van der Waals surface area contributed by atoms with Gasteiger partial charge >= 0.3 is 0 Å². The summed E-state index contributed by atoms with van der Waals surface area (Å²) in [5.41, 5.74) is 1.85. The first-order chi connectivity index (χ1) is 16.5. The van der Waals surface area contributed by atoms with E-state index in [9.17, 15) is 0 Å². The number of nitrogens with zero attached hydrogens (tertiary/aromatic N) is 5. The molecule has 1 saturated carbocycles. The van der Waals surface area contributed by atoms with Crippen LogP contribution in [0, 0.1) is 6.92 Å². The molecule has 2 heterocycles. The van der Waals surface area contributed by atoms with Gasteiger partial charge in [-0.3, -0.25) is 4.57 Å². The topological polar surface area (TPSA) is 88.1 Å². The summed E-state index contributed by atoms with van der Waals surface area (Å²) in [6.07, 6.45) is 2.25. The van der Waals surface area contributed by atoms with E-state index in [-0.39, 0.29) is 11.9 Å². The molecule has 1 unspecified atom stereocenters. The molecular formula is C24H24ClN5O3S. The third-order valence-electron chi connectivity index (χ3n) is 5.57. The lowest BCUT2D eigenvalue weighted by Gasteiger charge is -2.13. The van der Waals surface area contributed by atoms with Crippen LogP contribution < -0.4 is 9.47 Å². The molecule has 0 saturated heterocycles. The van der Waals surface area contributed by atoms with E-state index in [4.69, 9.17) is 25.6 Å². The Balaban J connectivity index is 1.41. The summed E-state index contributed by atoms with van der Waals surface area (Å²) in [7, 11) is 1.63. The van der Waals surface area contributed by atoms with E-state index in [1.165, 1.54) is 11.8 Å². The molecule has 0 aliphatic heterocycles. The molecule has 176 valence electrons. The van der Waals surface area contributed by atoms with Gasteiger partial charge in [0.2, 0.25) is 5.89 Å². The zero-order chi connectivity index (χ0) is 23.7. The number of ether oxygens (including phenoxy) is 2. The zero-order valence-corrected chi connectivity index (χ0v) is 20.6. The highest BCUT2D eigenvalue weighted by Crippen LogP contribution is 2.40. The van der Waals surface area contributed by atoms with Crippen molar-refractivity contribution in [3.05, 3.63) is 70.6 Å². The molecule has 0 spiro atoms. The number of aryl methyl sites for hydroxylation is 1. The number of aromatic nitrogens is 5. The lowest BCUT2D eigenvalue weighted by Crippen LogP contribution is -2.07. The van der Waals surface area contributed by atoms with Crippen molar-refractivity contribution in [2.45, 2.75) is 49.6 Å². The minimum absolute atomic E-state index is 0.0979. The number of thioether (sulfide) groups is 1. The van der Waals surface area contributed by atoms with E-state index in [2.05, 4.69) is 20.3 Å². The van der Waals surface area contributed by atoms with Crippen molar-refractivity contribution in [2.24, 2.45) is 0 Å². The van der Waals surface area contributed by atoms with Crippen LogP contribution in [-0.2, 0) is 6.61 Å². The molecule has 0 amide bonds. The highest BCUT2D eigenvalue weighted by atomic mass is 35.5. The second-order valence-corrected chi connectivity index (χ2v) is 9.87. The second-order valence-electron chi connectivity index (χ2n) is 8.16. The van der Waals surface area contributed by atoms with Crippen LogP contribution in [0.1, 0.15) is 54.0 Å². The first-order valence-electron chi connectivity index (χ1n) is 11.0. The Bertz CT molecular complexity index is 1290. The normalized spacial score (nSPS) is 14.2. The van der Waals surface area contributed by atoms with Gasteiger partial charge in [-0.25, -0.2) is 0 Å². The van der Waals surface area contributed by atoms with Crippen molar-refractivity contribution >= 4 is 23.4 Å². The SMILES string of the molecule is COc1ccc(OCc2nnc(SC(C)c3nc(C4CC4)no3)n2-c2ccc(C)c(Cl)c2)cc1. The molecule has 2 aromatic heterocycles. The Morgan fingerprint density at radius 2 is 1.91 bits per heavy atom. The minimum atomic E-state index is -0.0979. The molecule has 0 N–H and O–H groups in total. The first kappa shape index (κ1) is 22.7. The Hall–Kier alpha value is -3.04. The van der Waals surface area contributed by atoms with Crippen molar-refractivity contribution in [1.82, 2.24) is 24.9 Å². The maximum atomic E-state index is 6.44. The average molecular weight is 498 g/mol. The monoisotopic (exact) mass is 497 g/mol. The van der Waals surface area contributed by atoms with Crippen LogP contribution >= 0.6 is 23.4 Å². The van der Waals surface area contributed by atoms with Crippen molar-refractivity contribution in [2.75, 3.05) is 7.11 Å². The van der Waals surface area contributed by atoms with Crippen molar-refractivity contribution in [3.8, 4) is 17.2 Å².